The lowest BCUT2D eigenvalue weighted by molar-refractivity contribution is -0.117. The van der Waals surface area contributed by atoms with E-state index in [4.69, 9.17) is 9.47 Å². The van der Waals surface area contributed by atoms with Gasteiger partial charge in [-0.05, 0) is 42.5 Å². The summed E-state index contributed by atoms with van der Waals surface area (Å²) in [6, 6.07) is 11.1. The Morgan fingerprint density at radius 2 is 1.92 bits per heavy atom. The molecule has 3 rings (SSSR count). The van der Waals surface area contributed by atoms with Gasteiger partial charge in [-0.1, -0.05) is 0 Å². The molecule has 0 aliphatic rings. The van der Waals surface area contributed by atoms with Crippen molar-refractivity contribution in [3.8, 4) is 11.5 Å². The Hall–Kier alpha value is -2.99. The molecule has 0 bridgehead atoms. The molecule has 1 N–H and O–H groups in total. The number of carbonyl (C=O) groups excluding carboxylic acids is 1. The Labute approximate surface area is 144 Å². The van der Waals surface area contributed by atoms with Crippen molar-refractivity contribution in [2.24, 2.45) is 0 Å². The molecule has 25 heavy (non-hydrogen) atoms. The van der Waals surface area contributed by atoms with E-state index >= 15 is 0 Å². The van der Waals surface area contributed by atoms with Crippen molar-refractivity contribution in [3.05, 3.63) is 60.7 Å². The molecule has 5 nitrogen and oxygen atoms in total. The molecule has 1 heterocycles. The molecule has 0 unspecified atom stereocenters. The number of methoxy groups -OCH3 is 1. The number of pyridine rings is 1. The van der Waals surface area contributed by atoms with Gasteiger partial charge in [-0.3, -0.25) is 9.78 Å². The lowest BCUT2D eigenvalue weighted by Crippen LogP contribution is -2.13. The second-order valence-corrected chi connectivity index (χ2v) is 5.38. The summed E-state index contributed by atoms with van der Waals surface area (Å²) in [5.74, 6) is 0.657. The maximum absolute atomic E-state index is 13.0. The van der Waals surface area contributed by atoms with Gasteiger partial charge in [0.05, 0.1) is 18.7 Å². The normalized spacial score (nSPS) is 10.6. The van der Waals surface area contributed by atoms with Crippen LogP contribution in [-0.4, -0.2) is 24.6 Å². The van der Waals surface area contributed by atoms with Gasteiger partial charge < -0.3 is 14.8 Å². The van der Waals surface area contributed by atoms with Crippen LogP contribution in [0.4, 0.5) is 10.1 Å². The van der Waals surface area contributed by atoms with E-state index in [1.54, 1.807) is 49.8 Å². The summed E-state index contributed by atoms with van der Waals surface area (Å²) in [6.07, 6.45) is 3.58. The van der Waals surface area contributed by atoms with E-state index in [9.17, 15) is 9.18 Å². The molecule has 1 amide bonds. The number of halogens is 1. The molecule has 0 fully saturated rings. The number of hydrogen-bond donors (Lipinski definition) is 1. The van der Waals surface area contributed by atoms with Crippen molar-refractivity contribution in [1.82, 2.24) is 4.98 Å². The first-order valence-electron chi connectivity index (χ1n) is 7.76. The Morgan fingerprint density at radius 1 is 1.12 bits per heavy atom. The van der Waals surface area contributed by atoms with E-state index in [2.05, 4.69) is 10.3 Å². The molecule has 0 saturated heterocycles. The van der Waals surface area contributed by atoms with E-state index in [0.29, 0.717) is 23.8 Å². The molecule has 0 radical (unpaired) electrons. The van der Waals surface area contributed by atoms with E-state index in [-0.39, 0.29) is 18.1 Å². The molecule has 6 heteroatoms. The van der Waals surface area contributed by atoms with Gasteiger partial charge in [-0.2, -0.15) is 0 Å². The van der Waals surface area contributed by atoms with Crippen LogP contribution in [0.15, 0.2) is 54.9 Å². The van der Waals surface area contributed by atoms with Crippen LogP contribution in [0, 0.1) is 5.82 Å². The fourth-order valence-electron chi connectivity index (χ4n) is 2.40. The number of amides is 1. The first-order valence-corrected chi connectivity index (χ1v) is 7.76. The predicted octanol–water partition coefficient (Wildman–Crippen LogP) is 4.14. The molecule has 3 aromatic rings. The minimum absolute atomic E-state index is 0.140. The summed E-state index contributed by atoms with van der Waals surface area (Å²) in [7, 11) is 1.55. The summed E-state index contributed by atoms with van der Waals surface area (Å²) >= 11 is 0. The zero-order valence-corrected chi connectivity index (χ0v) is 13.7. The highest BCUT2D eigenvalue weighted by molar-refractivity contribution is 6.03. The topological polar surface area (TPSA) is 60.5 Å². The van der Waals surface area contributed by atoms with Crippen molar-refractivity contribution in [2.45, 2.75) is 6.42 Å². The quantitative estimate of drug-likeness (QED) is 0.732. The van der Waals surface area contributed by atoms with Crippen LogP contribution >= 0.6 is 0 Å². The van der Waals surface area contributed by atoms with Gasteiger partial charge in [0.25, 0.3) is 0 Å². The van der Waals surface area contributed by atoms with Crippen LogP contribution in [0.3, 0.4) is 0 Å². The third-order valence-corrected chi connectivity index (χ3v) is 3.63. The van der Waals surface area contributed by atoms with Crippen LogP contribution < -0.4 is 10.1 Å². The highest BCUT2D eigenvalue weighted by Crippen LogP contribution is 2.34. The third-order valence-electron chi connectivity index (χ3n) is 3.63. The Kier molecular flexibility index (Phi) is 5.20. The van der Waals surface area contributed by atoms with Crippen molar-refractivity contribution in [3.63, 3.8) is 0 Å². The number of nitrogens with one attached hydrogen (secondary N) is 1. The summed E-state index contributed by atoms with van der Waals surface area (Å²) in [5.41, 5.74) is 0.649. The van der Waals surface area contributed by atoms with Crippen molar-refractivity contribution >= 4 is 22.4 Å². The zero-order valence-electron chi connectivity index (χ0n) is 13.7. The SMILES string of the molecule is COCCC(=O)Nc1ccc(Oc2ccc(F)cc2)c2ccncc12. The first kappa shape index (κ1) is 16.9. The lowest BCUT2D eigenvalue weighted by atomic mass is 10.1. The number of aromatic nitrogens is 1. The van der Waals surface area contributed by atoms with Crippen molar-refractivity contribution in [1.29, 1.82) is 0 Å². The smallest absolute Gasteiger partial charge is 0.226 e. The number of rotatable bonds is 6. The molecule has 2 aromatic carbocycles. The van der Waals surface area contributed by atoms with E-state index in [0.717, 1.165) is 10.8 Å². The summed E-state index contributed by atoms with van der Waals surface area (Å²) in [4.78, 5) is 16.1. The van der Waals surface area contributed by atoms with Gasteiger partial charge in [0, 0.05) is 30.3 Å². The van der Waals surface area contributed by atoms with Crippen molar-refractivity contribution in [2.75, 3.05) is 19.0 Å². The highest BCUT2D eigenvalue weighted by atomic mass is 19.1. The van der Waals surface area contributed by atoms with E-state index < -0.39 is 0 Å². The fraction of sp³-hybridized carbons (Fsp3) is 0.158. The molecule has 128 valence electrons. The minimum atomic E-state index is -0.324. The Balaban J connectivity index is 1.90. The molecule has 0 saturated carbocycles. The maximum Gasteiger partial charge on any atom is 0.226 e. The number of hydrogen-bond acceptors (Lipinski definition) is 4. The number of anilines is 1. The summed E-state index contributed by atoms with van der Waals surface area (Å²) in [6.45, 7) is 0.355. The average Bonchev–Trinajstić information content (AvgIpc) is 2.64. The average molecular weight is 340 g/mol. The molecular weight excluding hydrogens is 323 g/mol. The van der Waals surface area contributed by atoms with Gasteiger partial charge in [-0.15, -0.1) is 0 Å². The highest BCUT2D eigenvalue weighted by Gasteiger charge is 2.10. The van der Waals surface area contributed by atoms with Gasteiger partial charge in [0.15, 0.2) is 0 Å². The third kappa shape index (κ3) is 4.10. The van der Waals surface area contributed by atoms with Crippen LogP contribution in [0.25, 0.3) is 10.8 Å². The molecule has 0 aliphatic carbocycles. The summed E-state index contributed by atoms with van der Waals surface area (Å²) < 4.78 is 23.8. The monoisotopic (exact) mass is 340 g/mol. The Morgan fingerprint density at radius 3 is 2.68 bits per heavy atom. The maximum atomic E-state index is 13.0. The molecule has 0 atom stereocenters. The number of benzene rings is 2. The molecule has 1 aromatic heterocycles. The van der Waals surface area contributed by atoms with Gasteiger partial charge >= 0.3 is 0 Å². The fourth-order valence-corrected chi connectivity index (χ4v) is 2.40. The van der Waals surface area contributed by atoms with Crippen LogP contribution in [0.2, 0.25) is 0 Å². The standard InChI is InChI=1S/C19H17FN2O3/c1-24-11-9-19(23)22-17-6-7-18(15-8-10-21-12-16(15)17)25-14-4-2-13(20)3-5-14/h2-8,10,12H,9,11H2,1H3,(H,22,23). The van der Waals surface area contributed by atoms with Crippen LogP contribution in [-0.2, 0) is 9.53 Å². The van der Waals surface area contributed by atoms with E-state index in [1.807, 2.05) is 0 Å². The van der Waals surface area contributed by atoms with Crippen LogP contribution in [0.5, 0.6) is 11.5 Å². The van der Waals surface area contributed by atoms with Gasteiger partial charge in [0.2, 0.25) is 5.91 Å². The first-order chi connectivity index (χ1) is 12.2. The number of fused-ring (bicyclic) bond motifs is 1. The second kappa shape index (κ2) is 7.72. The van der Waals surface area contributed by atoms with E-state index in [1.165, 1.54) is 12.1 Å². The Bertz CT molecular complexity index is 881. The minimum Gasteiger partial charge on any atom is -0.457 e. The number of nitrogens with zero attached hydrogens (tertiary/aromatic N) is 1. The van der Waals surface area contributed by atoms with Crippen LogP contribution in [0.1, 0.15) is 6.42 Å². The molecule has 0 aliphatic heterocycles. The number of carbonyl (C=O) groups is 1. The van der Waals surface area contributed by atoms with Crippen molar-refractivity contribution < 1.29 is 18.7 Å². The second-order valence-electron chi connectivity index (χ2n) is 5.38. The zero-order chi connectivity index (χ0) is 17.6. The number of ether oxygens (including phenoxy) is 2. The van der Waals surface area contributed by atoms with Gasteiger partial charge in [0.1, 0.15) is 17.3 Å². The largest absolute Gasteiger partial charge is 0.457 e. The predicted molar refractivity (Wildman–Crippen MR) is 93.3 cm³/mol. The molecular formula is C19H17FN2O3. The lowest BCUT2D eigenvalue weighted by Gasteiger charge is -2.13. The van der Waals surface area contributed by atoms with Gasteiger partial charge in [-0.25, -0.2) is 4.39 Å². The molecule has 0 spiro atoms. The summed E-state index contributed by atoms with van der Waals surface area (Å²) in [5, 5.41) is 4.41.